The standard InChI is InChI=1S/C39H80NO7P/c1-3-5-7-9-11-13-15-16-17-18-19-20-21-22-24-26-28-30-32-39(41)47-38(37-46-48(42,43)45-35-33-40)36-44-34-31-29-27-25-23-14-12-10-8-6-4-2/h38H,3-37,40H2,1-2H3,(H,42,43). The van der Waals surface area contributed by atoms with Gasteiger partial charge in [-0.15, -0.1) is 0 Å². The highest BCUT2D eigenvalue weighted by Gasteiger charge is 2.25. The van der Waals surface area contributed by atoms with E-state index in [9.17, 15) is 14.3 Å². The first-order valence-corrected chi connectivity index (χ1v) is 22.0. The number of hydrogen-bond acceptors (Lipinski definition) is 7. The maximum Gasteiger partial charge on any atom is 0.472 e. The summed E-state index contributed by atoms with van der Waals surface area (Å²) in [6.07, 6.45) is 36.8. The van der Waals surface area contributed by atoms with Crippen molar-refractivity contribution in [1.29, 1.82) is 0 Å². The lowest BCUT2D eigenvalue weighted by molar-refractivity contribution is -0.154. The van der Waals surface area contributed by atoms with Crippen LogP contribution >= 0.6 is 7.82 Å². The Bertz CT molecular complexity index is 712. The first-order valence-electron chi connectivity index (χ1n) is 20.5. The van der Waals surface area contributed by atoms with Crippen LogP contribution in [0.5, 0.6) is 0 Å². The van der Waals surface area contributed by atoms with Gasteiger partial charge in [-0.05, 0) is 12.8 Å². The van der Waals surface area contributed by atoms with Gasteiger partial charge in [-0.2, -0.15) is 0 Å². The van der Waals surface area contributed by atoms with E-state index < -0.39 is 13.9 Å². The highest BCUT2D eigenvalue weighted by atomic mass is 31.2. The molecule has 0 aliphatic carbocycles. The van der Waals surface area contributed by atoms with E-state index in [2.05, 4.69) is 13.8 Å². The fourth-order valence-corrected chi connectivity index (χ4v) is 6.76. The Balaban J connectivity index is 3.97. The number of carbonyl (C=O) groups is 1. The van der Waals surface area contributed by atoms with Gasteiger partial charge >= 0.3 is 13.8 Å². The lowest BCUT2D eigenvalue weighted by Crippen LogP contribution is -2.28. The molecule has 0 amide bonds. The molecule has 0 aromatic rings. The smallest absolute Gasteiger partial charge is 0.457 e. The van der Waals surface area contributed by atoms with Crippen molar-refractivity contribution in [1.82, 2.24) is 0 Å². The average Bonchev–Trinajstić information content (AvgIpc) is 3.07. The second-order valence-corrected chi connectivity index (χ2v) is 15.3. The van der Waals surface area contributed by atoms with Gasteiger partial charge in [0.25, 0.3) is 0 Å². The van der Waals surface area contributed by atoms with Gasteiger partial charge in [0.1, 0.15) is 6.10 Å². The average molecular weight is 706 g/mol. The van der Waals surface area contributed by atoms with E-state index in [0.29, 0.717) is 13.0 Å². The second-order valence-electron chi connectivity index (χ2n) is 13.9. The molecule has 0 bridgehead atoms. The van der Waals surface area contributed by atoms with E-state index in [1.165, 1.54) is 154 Å². The summed E-state index contributed by atoms with van der Waals surface area (Å²) in [5.74, 6) is -0.325. The minimum Gasteiger partial charge on any atom is -0.457 e. The first-order chi connectivity index (χ1) is 23.4. The number of rotatable bonds is 40. The molecule has 0 spiro atoms. The zero-order valence-corrected chi connectivity index (χ0v) is 32.6. The van der Waals surface area contributed by atoms with Gasteiger partial charge in [0, 0.05) is 19.6 Å². The van der Waals surface area contributed by atoms with Gasteiger partial charge in [-0.25, -0.2) is 4.57 Å². The molecule has 0 radical (unpaired) electrons. The zero-order valence-electron chi connectivity index (χ0n) is 31.7. The van der Waals surface area contributed by atoms with Gasteiger partial charge in [0.05, 0.1) is 19.8 Å². The van der Waals surface area contributed by atoms with E-state index in [0.717, 1.165) is 32.1 Å². The normalized spacial score (nSPS) is 13.5. The molecule has 3 N–H and O–H groups in total. The summed E-state index contributed by atoms with van der Waals surface area (Å²) in [6, 6.07) is 0. The van der Waals surface area contributed by atoms with Crippen LogP contribution < -0.4 is 5.73 Å². The summed E-state index contributed by atoms with van der Waals surface area (Å²) >= 11 is 0. The molecule has 2 atom stereocenters. The van der Waals surface area contributed by atoms with Gasteiger partial charge in [-0.1, -0.05) is 187 Å². The predicted molar refractivity (Wildman–Crippen MR) is 201 cm³/mol. The molecule has 0 aliphatic rings. The minimum absolute atomic E-state index is 0.0903. The van der Waals surface area contributed by atoms with Gasteiger partial charge in [0.2, 0.25) is 0 Å². The lowest BCUT2D eigenvalue weighted by Gasteiger charge is -2.20. The quantitative estimate of drug-likeness (QED) is 0.0367. The molecule has 0 heterocycles. The van der Waals surface area contributed by atoms with Crippen molar-refractivity contribution in [2.24, 2.45) is 5.73 Å². The third-order valence-electron chi connectivity index (χ3n) is 9.02. The molecule has 0 saturated heterocycles. The Morgan fingerprint density at radius 1 is 0.542 bits per heavy atom. The zero-order chi connectivity index (χ0) is 35.2. The van der Waals surface area contributed by atoms with Crippen LogP contribution in [0.1, 0.15) is 206 Å². The van der Waals surface area contributed by atoms with Crippen molar-refractivity contribution >= 4 is 13.8 Å². The topological polar surface area (TPSA) is 117 Å². The Kier molecular flexibility index (Phi) is 37.4. The first kappa shape index (κ1) is 47.5. The molecule has 0 aromatic heterocycles. The third kappa shape index (κ3) is 36.8. The van der Waals surface area contributed by atoms with E-state index in [-0.39, 0.29) is 32.3 Å². The molecule has 2 unspecified atom stereocenters. The van der Waals surface area contributed by atoms with Crippen molar-refractivity contribution < 1.29 is 32.8 Å². The van der Waals surface area contributed by atoms with Crippen LogP contribution in [0.3, 0.4) is 0 Å². The molecule has 0 fully saturated rings. The summed E-state index contributed by atoms with van der Waals surface area (Å²) < 4.78 is 33.3. The van der Waals surface area contributed by atoms with Crippen LogP contribution in [0, 0.1) is 0 Å². The molecular formula is C39H80NO7P. The summed E-state index contributed by atoms with van der Waals surface area (Å²) in [5.41, 5.74) is 5.36. The van der Waals surface area contributed by atoms with Gasteiger partial charge in [0.15, 0.2) is 0 Å². The molecule has 0 saturated carbocycles. The lowest BCUT2D eigenvalue weighted by atomic mass is 10.0. The summed E-state index contributed by atoms with van der Waals surface area (Å²) in [6.45, 7) is 4.96. The number of ether oxygens (including phenoxy) is 2. The molecular weight excluding hydrogens is 625 g/mol. The molecule has 8 nitrogen and oxygen atoms in total. The number of phosphoric ester groups is 1. The van der Waals surface area contributed by atoms with Crippen molar-refractivity contribution in [3.8, 4) is 0 Å². The maximum atomic E-state index is 12.5. The van der Waals surface area contributed by atoms with Crippen molar-refractivity contribution in [2.75, 3.05) is 33.0 Å². The molecule has 9 heteroatoms. The van der Waals surface area contributed by atoms with Crippen LogP contribution in [-0.2, 0) is 27.9 Å². The number of esters is 1. The summed E-state index contributed by atoms with van der Waals surface area (Å²) in [4.78, 5) is 22.4. The molecule has 0 aromatic carbocycles. The van der Waals surface area contributed by atoms with Gasteiger partial charge in [-0.3, -0.25) is 13.8 Å². The third-order valence-corrected chi connectivity index (χ3v) is 10.0. The van der Waals surface area contributed by atoms with Gasteiger partial charge < -0.3 is 20.1 Å². The van der Waals surface area contributed by atoms with E-state index in [1.807, 2.05) is 0 Å². The van der Waals surface area contributed by atoms with E-state index >= 15 is 0 Å². The van der Waals surface area contributed by atoms with Crippen LogP contribution in [0.2, 0.25) is 0 Å². The highest BCUT2D eigenvalue weighted by molar-refractivity contribution is 7.47. The largest absolute Gasteiger partial charge is 0.472 e. The van der Waals surface area contributed by atoms with Crippen LogP contribution in [-0.4, -0.2) is 49.9 Å². The SMILES string of the molecule is CCCCCCCCCCCCCCCCCCCCC(=O)OC(COCCCCCCCCCCCCC)COP(=O)(O)OCCN. The number of unbranched alkanes of at least 4 members (excludes halogenated alkanes) is 27. The fraction of sp³-hybridized carbons (Fsp3) is 0.974. The predicted octanol–water partition coefficient (Wildman–Crippen LogP) is 11.7. The van der Waals surface area contributed by atoms with Crippen LogP contribution in [0.25, 0.3) is 0 Å². The monoisotopic (exact) mass is 706 g/mol. The van der Waals surface area contributed by atoms with Crippen LogP contribution in [0.4, 0.5) is 0 Å². The Morgan fingerprint density at radius 2 is 0.917 bits per heavy atom. The fourth-order valence-electron chi connectivity index (χ4n) is 6.00. The molecule has 0 aliphatic heterocycles. The van der Waals surface area contributed by atoms with Crippen molar-refractivity contribution in [3.63, 3.8) is 0 Å². The Labute approximate surface area is 297 Å². The number of phosphoric acid groups is 1. The number of nitrogens with two attached hydrogens (primary N) is 1. The molecule has 288 valence electrons. The maximum absolute atomic E-state index is 12.5. The van der Waals surface area contributed by atoms with Crippen molar-refractivity contribution in [2.45, 2.75) is 213 Å². The summed E-state index contributed by atoms with van der Waals surface area (Å²) in [5, 5.41) is 0. The number of hydrogen-bond donors (Lipinski definition) is 2. The Morgan fingerprint density at radius 3 is 1.31 bits per heavy atom. The Hall–Kier alpha value is -0.500. The molecule has 0 rings (SSSR count). The highest BCUT2D eigenvalue weighted by Crippen LogP contribution is 2.43. The number of carbonyl (C=O) groups excluding carboxylic acids is 1. The molecule has 48 heavy (non-hydrogen) atoms. The summed E-state index contributed by atoms with van der Waals surface area (Å²) in [7, 11) is -4.26. The van der Waals surface area contributed by atoms with E-state index in [1.54, 1.807) is 0 Å². The second kappa shape index (κ2) is 37.7. The van der Waals surface area contributed by atoms with E-state index in [4.69, 9.17) is 24.3 Å². The minimum atomic E-state index is -4.26. The van der Waals surface area contributed by atoms with Crippen molar-refractivity contribution in [3.05, 3.63) is 0 Å². The van der Waals surface area contributed by atoms with Crippen LogP contribution in [0.15, 0.2) is 0 Å².